The largest absolute Gasteiger partial charge is 0.256 e. The molecule has 0 N–H and O–H groups in total. The van der Waals surface area contributed by atoms with Crippen LogP contribution >= 0.6 is 0 Å². The van der Waals surface area contributed by atoms with E-state index in [2.05, 4.69) is 171 Å². The molecule has 12 rings (SSSR count). The molecule has 2 aliphatic rings. The fourth-order valence-corrected chi connectivity index (χ4v) is 10.3. The molecule has 0 fully saturated rings. The predicted octanol–water partition coefficient (Wildman–Crippen LogP) is 15.0. The lowest BCUT2D eigenvalue weighted by Gasteiger charge is -2.22. The highest BCUT2D eigenvalue weighted by Gasteiger charge is 2.37. The highest BCUT2D eigenvalue weighted by Crippen LogP contribution is 2.52. The molecule has 64 heavy (non-hydrogen) atoms. The van der Waals surface area contributed by atoms with Crippen molar-refractivity contribution < 1.29 is 0 Å². The molecule has 0 saturated carbocycles. The second-order valence-corrected chi connectivity index (χ2v) is 18.3. The molecule has 3 heterocycles. The van der Waals surface area contributed by atoms with Gasteiger partial charge in [0, 0.05) is 45.5 Å². The Kier molecular flexibility index (Phi) is 8.51. The van der Waals surface area contributed by atoms with Gasteiger partial charge in [0.2, 0.25) is 0 Å². The lowest BCUT2D eigenvalue weighted by molar-refractivity contribution is 0.660. The summed E-state index contributed by atoms with van der Waals surface area (Å²) >= 11 is 0. The Morgan fingerprint density at radius 1 is 0.297 bits per heavy atom. The van der Waals surface area contributed by atoms with Crippen molar-refractivity contribution in [3.63, 3.8) is 0 Å². The van der Waals surface area contributed by atoms with Crippen molar-refractivity contribution in [1.82, 2.24) is 19.9 Å². The second-order valence-electron chi connectivity index (χ2n) is 18.3. The minimum absolute atomic E-state index is 0.148. The smallest absolute Gasteiger partial charge is 0.0973 e. The van der Waals surface area contributed by atoms with Crippen LogP contribution in [0.15, 0.2) is 194 Å². The number of pyridine rings is 2. The summed E-state index contributed by atoms with van der Waals surface area (Å²) in [5, 5.41) is 0. The Morgan fingerprint density at radius 3 is 0.969 bits per heavy atom. The number of benzene rings is 7. The van der Waals surface area contributed by atoms with E-state index in [1.807, 2.05) is 60.9 Å². The first kappa shape index (κ1) is 37.9. The number of aromatic nitrogens is 4. The molecular weight excluding hydrogens is 777 g/mol. The zero-order valence-corrected chi connectivity index (χ0v) is 36.3. The third-order valence-electron chi connectivity index (χ3n) is 13.8. The lowest BCUT2D eigenvalue weighted by Crippen LogP contribution is -2.15. The van der Waals surface area contributed by atoms with Crippen LogP contribution in [-0.4, -0.2) is 19.9 Å². The molecule has 7 aromatic carbocycles. The minimum Gasteiger partial charge on any atom is -0.256 e. The average Bonchev–Trinajstić information content (AvgIpc) is 3.72. The summed E-state index contributed by atoms with van der Waals surface area (Å²) in [4.78, 5) is 19.8. The first-order chi connectivity index (χ1) is 31.2. The summed E-state index contributed by atoms with van der Waals surface area (Å²) in [7, 11) is 0. The molecule has 4 nitrogen and oxygen atoms in total. The van der Waals surface area contributed by atoms with E-state index in [0.29, 0.717) is 0 Å². The van der Waals surface area contributed by atoms with Gasteiger partial charge in [0.15, 0.2) is 0 Å². The number of nitrogens with zero attached hydrogens (tertiary/aromatic N) is 4. The van der Waals surface area contributed by atoms with Gasteiger partial charge in [-0.25, -0.2) is 9.97 Å². The van der Waals surface area contributed by atoms with Crippen molar-refractivity contribution in [3.05, 3.63) is 217 Å². The quantitative estimate of drug-likeness (QED) is 0.168. The van der Waals surface area contributed by atoms with Gasteiger partial charge in [0.1, 0.15) is 0 Å². The molecule has 10 aromatic rings. The van der Waals surface area contributed by atoms with Crippen LogP contribution in [0.1, 0.15) is 49.9 Å². The van der Waals surface area contributed by atoms with Gasteiger partial charge in [-0.1, -0.05) is 149 Å². The van der Waals surface area contributed by atoms with Crippen LogP contribution in [0.5, 0.6) is 0 Å². The SMILES string of the molecule is CC1(C)c2cc(-c3ccc(-c4nc5ccccc5nc4-c4ccc(-c5ccc6c(c5)C(C)(C)c5cc(-c7ccccn7)ccc5-6)cc4)cc3)ccc2-c2ccc(-c3ccccn3)cc21. The van der Waals surface area contributed by atoms with Crippen molar-refractivity contribution in [1.29, 1.82) is 0 Å². The summed E-state index contributed by atoms with van der Waals surface area (Å²) in [5.41, 5.74) is 24.9. The monoisotopic (exact) mass is 820 g/mol. The van der Waals surface area contributed by atoms with Gasteiger partial charge >= 0.3 is 0 Å². The molecule has 0 atom stereocenters. The predicted molar refractivity (Wildman–Crippen MR) is 263 cm³/mol. The Bertz CT molecular complexity index is 3230. The zero-order chi connectivity index (χ0) is 43.2. The highest BCUT2D eigenvalue weighted by atomic mass is 14.8. The highest BCUT2D eigenvalue weighted by molar-refractivity contribution is 5.90. The maximum absolute atomic E-state index is 5.25. The van der Waals surface area contributed by atoms with E-state index in [1.54, 1.807) is 0 Å². The van der Waals surface area contributed by atoms with Gasteiger partial charge in [-0.2, -0.15) is 0 Å². The molecule has 0 unspecified atom stereocenters. The molecule has 0 spiro atoms. The Labute approximate surface area is 374 Å². The number of fused-ring (bicyclic) bond motifs is 7. The fraction of sp³-hybridized carbons (Fsp3) is 0.100. The number of rotatable bonds is 6. The molecule has 2 aliphatic carbocycles. The molecule has 0 radical (unpaired) electrons. The summed E-state index contributed by atoms with van der Waals surface area (Å²) in [6, 6.07) is 65.5. The van der Waals surface area contributed by atoms with Crippen molar-refractivity contribution in [3.8, 4) is 89.5 Å². The van der Waals surface area contributed by atoms with E-state index in [-0.39, 0.29) is 10.8 Å². The molecular formula is C60H44N4. The maximum atomic E-state index is 5.25. The molecule has 304 valence electrons. The van der Waals surface area contributed by atoms with Gasteiger partial charge in [0.05, 0.1) is 33.8 Å². The summed E-state index contributed by atoms with van der Waals surface area (Å²) in [6.07, 6.45) is 3.72. The summed E-state index contributed by atoms with van der Waals surface area (Å²) in [5.74, 6) is 0. The molecule has 0 aliphatic heterocycles. The van der Waals surface area contributed by atoms with Crippen LogP contribution in [0, 0.1) is 0 Å². The Balaban J connectivity index is 0.853. The van der Waals surface area contributed by atoms with Crippen molar-refractivity contribution >= 4 is 11.0 Å². The number of para-hydroxylation sites is 2. The van der Waals surface area contributed by atoms with Crippen LogP contribution in [0.25, 0.3) is 101 Å². The van der Waals surface area contributed by atoms with Gasteiger partial charge in [0.25, 0.3) is 0 Å². The van der Waals surface area contributed by atoms with E-state index in [9.17, 15) is 0 Å². The Morgan fingerprint density at radius 2 is 0.609 bits per heavy atom. The van der Waals surface area contributed by atoms with Crippen LogP contribution in [0.4, 0.5) is 0 Å². The van der Waals surface area contributed by atoms with E-state index >= 15 is 0 Å². The van der Waals surface area contributed by atoms with Gasteiger partial charge < -0.3 is 0 Å². The van der Waals surface area contributed by atoms with Crippen molar-refractivity contribution in [2.75, 3.05) is 0 Å². The van der Waals surface area contributed by atoms with E-state index in [1.165, 1.54) is 66.8 Å². The van der Waals surface area contributed by atoms with E-state index < -0.39 is 0 Å². The van der Waals surface area contributed by atoms with Crippen LogP contribution in [0.2, 0.25) is 0 Å². The van der Waals surface area contributed by atoms with Crippen LogP contribution in [-0.2, 0) is 10.8 Å². The molecule has 0 saturated heterocycles. The van der Waals surface area contributed by atoms with E-state index in [0.717, 1.165) is 56.1 Å². The molecule has 3 aromatic heterocycles. The molecule has 0 bridgehead atoms. The average molecular weight is 821 g/mol. The zero-order valence-electron chi connectivity index (χ0n) is 36.3. The van der Waals surface area contributed by atoms with Crippen molar-refractivity contribution in [2.24, 2.45) is 0 Å². The Hall–Kier alpha value is -7.82. The maximum Gasteiger partial charge on any atom is 0.0973 e. The first-order valence-corrected chi connectivity index (χ1v) is 22.1. The standard InChI is InChI=1S/C60H44N4/c1-59(2)49-33-41(23-27-45(49)47-29-25-43(35-51(47)59)53-11-7-9-31-61-53)37-15-19-39(20-16-37)57-58(64-56-14-6-5-13-55(56)63-57)40-21-17-38(18-22-40)42-24-28-46-48-30-26-44(54-12-8-10-32-62-54)36-52(48)60(3,4)50(46)34-42/h5-36H,1-4H3. The second kappa shape index (κ2) is 14.4. The third-order valence-corrected chi connectivity index (χ3v) is 13.8. The number of hydrogen-bond acceptors (Lipinski definition) is 4. The van der Waals surface area contributed by atoms with Gasteiger partial charge in [-0.05, 0) is 127 Å². The molecule has 0 amide bonds. The minimum atomic E-state index is -0.148. The van der Waals surface area contributed by atoms with Crippen LogP contribution < -0.4 is 0 Å². The lowest BCUT2D eigenvalue weighted by atomic mass is 9.81. The third kappa shape index (κ3) is 6.05. The van der Waals surface area contributed by atoms with Crippen molar-refractivity contribution in [2.45, 2.75) is 38.5 Å². The topological polar surface area (TPSA) is 51.6 Å². The molecule has 4 heteroatoms. The fourth-order valence-electron chi connectivity index (χ4n) is 10.3. The van der Waals surface area contributed by atoms with Crippen LogP contribution in [0.3, 0.4) is 0 Å². The first-order valence-electron chi connectivity index (χ1n) is 22.1. The number of hydrogen-bond donors (Lipinski definition) is 0. The van der Waals surface area contributed by atoms with E-state index in [4.69, 9.17) is 9.97 Å². The summed E-state index contributed by atoms with van der Waals surface area (Å²) in [6.45, 7) is 9.35. The van der Waals surface area contributed by atoms with Gasteiger partial charge in [-0.3, -0.25) is 9.97 Å². The normalized spacial score (nSPS) is 13.9. The summed E-state index contributed by atoms with van der Waals surface area (Å²) < 4.78 is 0. The van der Waals surface area contributed by atoms with Gasteiger partial charge in [-0.15, -0.1) is 0 Å².